The molecule has 0 aromatic carbocycles. The minimum absolute atomic E-state index is 0.00606. The summed E-state index contributed by atoms with van der Waals surface area (Å²) in [6.45, 7) is 2.18. The van der Waals surface area contributed by atoms with E-state index in [4.69, 9.17) is 11.1 Å². The van der Waals surface area contributed by atoms with Gasteiger partial charge in [0.25, 0.3) is 0 Å². The van der Waals surface area contributed by atoms with E-state index in [0.29, 0.717) is 36.2 Å². The molecule has 0 radical (unpaired) electrons. The SMILES string of the molecule is N=C(N)C1CCC2CC(C(=O)NCC3CCC(CO)CC3)N(CC3CCCC4CCCCC43)C2C1. The fourth-order valence-corrected chi connectivity index (χ4v) is 8.90. The van der Waals surface area contributed by atoms with E-state index in [9.17, 15) is 9.90 Å². The van der Waals surface area contributed by atoms with Gasteiger partial charge in [0, 0.05) is 31.7 Å². The van der Waals surface area contributed by atoms with Crippen LogP contribution in [0.4, 0.5) is 0 Å². The maximum atomic E-state index is 13.6. The van der Waals surface area contributed by atoms with Gasteiger partial charge in [-0.25, -0.2) is 0 Å². The van der Waals surface area contributed by atoms with Gasteiger partial charge in [0.2, 0.25) is 5.91 Å². The molecule has 198 valence electrons. The minimum atomic E-state index is -0.00606. The first kappa shape index (κ1) is 25.5. The van der Waals surface area contributed by atoms with Gasteiger partial charge >= 0.3 is 0 Å². The van der Waals surface area contributed by atoms with Gasteiger partial charge in [0.15, 0.2) is 0 Å². The maximum absolute atomic E-state index is 13.6. The third-order valence-electron chi connectivity index (χ3n) is 11.0. The van der Waals surface area contributed by atoms with Crippen LogP contribution >= 0.6 is 0 Å². The van der Waals surface area contributed by atoms with Gasteiger partial charge in [0.05, 0.1) is 11.9 Å². The lowest BCUT2D eigenvalue weighted by Gasteiger charge is -2.45. The Kier molecular flexibility index (Phi) is 8.38. The number of nitrogens with two attached hydrogens (primary N) is 1. The summed E-state index contributed by atoms with van der Waals surface area (Å²) in [5.74, 6) is 4.88. The fraction of sp³-hybridized carbons (Fsp3) is 0.931. The maximum Gasteiger partial charge on any atom is 0.237 e. The normalized spacial score (nSPS) is 42.1. The highest BCUT2D eigenvalue weighted by Gasteiger charge is 2.49. The molecule has 4 saturated carbocycles. The molecule has 5 N–H and O–H groups in total. The van der Waals surface area contributed by atoms with Crippen LogP contribution in [-0.2, 0) is 4.79 Å². The van der Waals surface area contributed by atoms with Gasteiger partial charge in [-0.15, -0.1) is 0 Å². The number of amides is 1. The lowest BCUT2D eigenvalue weighted by atomic mass is 9.65. The van der Waals surface area contributed by atoms with Crippen molar-refractivity contribution >= 4 is 11.7 Å². The monoisotopic (exact) mass is 486 g/mol. The Hall–Kier alpha value is -1.14. The topological polar surface area (TPSA) is 102 Å². The summed E-state index contributed by atoms with van der Waals surface area (Å²) in [6.07, 6.45) is 18.2. The van der Waals surface area contributed by atoms with E-state index >= 15 is 0 Å². The van der Waals surface area contributed by atoms with Crippen LogP contribution in [0.2, 0.25) is 0 Å². The first-order valence-corrected chi connectivity index (χ1v) is 15.0. The van der Waals surface area contributed by atoms with Gasteiger partial charge in [-0.2, -0.15) is 0 Å². The summed E-state index contributed by atoms with van der Waals surface area (Å²) in [5, 5.41) is 20.9. The number of rotatable bonds is 7. The third kappa shape index (κ3) is 5.74. The Morgan fingerprint density at radius 3 is 2.40 bits per heavy atom. The number of hydrogen-bond acceptors (Lipinski definition) is 4. The number of aliphatic hydroxyl groups excluding tert-OH is 1. The smallest absolute Gasteiger partial charge is 0.237 e. The van der Waals surface area contributed by atoms with Crippen LogP contribution in [0, 0.1) is 46.8 Å². The molecule has 0 aromatic heterocycles. The zero-order valence-corrected chi connectivity index (χ0v) is 21.8. The summed E-state index contributed by atoms with van der Waals surface area (Å²) in [4.78, 5) is 16.3. The molecule has 35 heavy (non-hydrogen) atoms. The number of carbonyl (C=O) groups excluding carboxylic acids is 1. The van der Waals surface area contributed by atoms with E-state index in [0.717, 1.165) is 82.2 Å². The van der Waals surface area contributed by atoms with Gasteiger partial charge < -0.3 is 16.2 Å². The summed E-state index contributed by atoms with van der Waals surface area (Å²) in [6, 6.07) is 0.408. The first-order chi connectivity index (χ1) is 17.0. The Labute approximate surface area is 212 Å². The van der Waals surface area contributed by atoms with Crippen molar-refractivity contribution in [2.75, 3.05) is 19.7 Å². The van der Waals surface area contributed by atoms with E-state index in [1.807, 2.05) is 0 Å². The minimum Gasteiger partial charge on any atom is -0.396 e. The third-order valence-corrected chi connectivity index (χ3v) is 11.0. The Balaban J connectivity index is 1.26. The van der Waals surface area contributed by atoms with Crippen molar-refractivity contribution in [1.29, 1.82) is 5.41 Å². The van der Waals surface area contributed by atoms with Crippen molar-refractivity contribution in [3.63, 3.8) is 0 Å². The second-order valence-corrected chi connectivity index (χ2v) is 13.0. The van der Waals surface area contributed by atoms with Crippen molar-refractivity contribution in [3.05, 3.63) is 0 Å². The van der Waals surface area contributed by atoms with Crippen LogP contribution in [0.15, 0.2) is 0 Å². The van der Waals surface area contributed by atoms with Gasteiger partial charge in [-0.1, -0.05) is 32.1 Å². The highest BCUT2D eigenvalue weighted by Crippen LogP contribution is 2.47. The molecule has 0 bridgehead atoms. The molecular formula is C29H50N4O2. The van der Waals surface area contributed by atoms with Crippen molar-refractivity contribution < 1.29 is 9.90 Å². The molecule has 5 rings (SSSR count). The molecule has 5 fully saturated rings. The van der Waals surface area contributed by atoms with Gasteiger partial charge in [-0.3, -0.25) is 15.1 Å². The molecule has 1 saturated heterocycles. The number of likely N-dealkylation sites (tertiary alicyclic amines) is 1. The van der Waals surface area contributed by atoms with Crippen LogP contribution < -0.4 is 11.1 Å². The standard InChI is InChI=1S/C29H50N4O2/c30-28(31)23-13-12-22-14-27(29(35)32-16-19-8-10-20(18-34)11-9-19)33(26(22)15-23)17-24-6-3-5-21-4-1-2-7-25(21)24/h19-27,34H,1-18H2,(H3,30,31)(H,32,35). The highest BCUT2D eigenvalue weighted by atomic mass is 16.3. The zero-order valence-electron chi connectivity index (χ0n) is 21.8. The number of nitrogens with one attached hydrogen (secondary N) is 2. The lowest BCUT2D eigenvalue weighted by molar-refractivity contribution is -0.126. The number of carbonyl (C=O) groups is 1. The number of aliphatic hydroxyl groups is 1. The van der Waals surface area contributed by atoms with E-state index in [1.165, 1.54) is 44.9 Å². The lowest BCUT2D eigenvalue weighted by Crippen LogP contribution is -2.51. The molecular weight excluding hydrogens is 436 g/mol. The molecule has 7 atom stereocenters. The van der Waals surface area contributed by atoms with Crippen molar-refractivity contribution in [3.8, 4) is 0 Å². The van der Waals surface area contributed by atoms with E-state index in [1.54, 1.807) is 0 Å². The van der Waals surface area contributed by atoms with Gasteiger partial charge in [-0.05, 0) is 99.7 Å². The van der Waals surface area contributed by atoms with Crippen LogP contribution in [0.5, 0.6) is 0 Å². The van der Waals surface area contributed by atoms with E-state index in [2.05, 4.69) is 10.2 Å². The van der Waals surface area contributed by atoms with E-state index < -0.39 is 0 Å². The molecule has 6 nitrogen and oxygen atoms in total. The van der Waals surface area contributed by atoms with Crippen LogP contribution in [0.1, 0.15) is 96.3 Å². The quantitative estimate of drug-likeness (QED) is 0.318. The zero-order chi connectivity index (χ0) is 24.4. The Bertz CT molecular complexity index is 734. The van der Waals surface area contributed by atoms with Crippen LogP contribution in [-0.4, -0.2) is 53.5 Å². The van der Waals surface area contributed by atoms with Crippen molar-refractivity contribution in [2.45, 2.75) is 108 Å². The van der Waals surface area contributed by atoms with Crippen molar-refractivity contribution in [2.24, 2.45) is 47.2 Å². The summed E-state index contributed by atoms with van der Waals surface area (Å²) in [7, 11) is 0. The van der Waals surface area contributed by atoms with Crippen molar-refractivity contribution in [1.82, 2.24) is 10.2 Å². The first-order valence-electron chi connectivity index (χ1n) is 15.0. The molecule has 0 aromatic rings. The predicted molar refractivity (Wildman–Crippen MR) is 140 cm³/mol. The molecule has 1 aliphatic heterocycles. The van der Waals surface area contributed by atoms with E-state index in [-0.39, 0.29) is 17.9 Å². The second-order valence-electron chi connectivity index (χ2n) is 13.0. The number of fused-ring (bicyclic) bond motifs is 2. The molecule has 6 heteroatoms. The number of amidine groups is 1. The molecule has 0 spiro atoms. The fourth-order valence-electron chi connectivity index (χ4n) is 8.90. The summed E-state index contributed by atoms with van der Waals surface area (Å²) in [5.41, 5.74) is 5.98. The van der Waals surface area contributed by atoms with Gasteiger partial charge in [0.1, 0.15) is 0 Å². The average molecular weight is 487 g/mol. The van der Waals surface area contributed by atoms with Crippen LogP contribution in [0.3, 0.4) is 0 Å². The molecule has 5 aliphatic rings. The Morgan fingerprint density at radius 1 is 0.886 bits per heavy atom. The molecule has 4 aliphatic carbocycles. The molecule has 1 amide bonds. The number of nitrogens with zero attached hydrogens (tertiary/aromatic N) is 1. The molecule has 1 heterocycles. The number of hydrogen-bond donors (Lipinski definition) is 4. The molecule has 7 unspecified atom stereocenters. The largest absolute Gasteiger partial charge is 0.396 e. The highest BCUT2D eigenvalue weighted by molar-refractivity contribution is 5.82. The average Bonchev–Trinajstić information content (AvgIpc) is 3.25. The summed E-state index contributed by atoms with van der Waals surface area (Å²) < 4.78 is 0. The van der Waals surface area contributed by atoms with Crippen LogP contribution in [0.25, 0.3) is 0 Å². The predicted octanol–water partition coefficient (Wildman–Crippen LogP) is 4.30. The Morgan fingerprint density at radius 2 is 1.63 bits per heavy atom. The second kappa shape index (κ2) is 11.5. The summed E-state index contributed by atoms with van der Waals surface area (Å²) >= 11 is 0.